The van der Waals surface area contributed by atoms with Crippen molar-refractivity contribution in [3.05, 3.63) is 39.7 Å². The fraction of sp³-hybridized carbons (Fsp3) is 0.538. The van der Waals surface area contributed by atoms with Crippen LogP contribution in [0.25, 0.3) is 5.76 Å². The highest BCUT2D eigenvalue weighted by Crippen LogP contribution is 2.55. The summed E-state index contributed by atoms with van der Waals surface area (Å²) < 4.78 is 50.7. The Balaban J connectivity index is 1.68. The number of phenols is 1. The van der Waals surface area contributed by atoms with E-state index in [-0.39, 0.29) is 36.1 Å². The standard InChI is InChI=1S/C26H30F3N3O8/c1-39-25-13(18(30)20(35)17(23(25)37)24(31)38)7-10-6-12-16(19(34)15(10)22(25)36)14(33)8-11(9-32-4-2-3-5-32)21(12)40-26(27,28)29/h8,10,13,18,23,33-35,37H,2-7,9,30H2,1H3,(H2,31,38)/t10-,13-,18-,23?,25-/m0/s1. The number of hydrogen-bond donors (Lipinski definition) is 6. The number of halogens is 3. The van der Waals surface area contributed by atoms with E-state index in [1.54, 1.807) is 0 Å². The molecule has 1 aliphatic heterocycles. The van der Waals surface area contributed by atoms with E-state index in [0.717, 1.165) is 26.0 Å². The van der Waals surface area contributed by atoms with Crippen molar-refractivity contribution in [1.29, 1.82) is 0 Å². The number of ketones is 1. The highest BCUT2D eigenvalue weighted by atomic mass is 19.4. The summed E-state index contributed by atoms with van der Waals surface area (Å²) >= 11 is 0. The minimum atomic E-state index is -5.09. The van der Waals surface area contributed by atoms with Crippen molar-refractivity contribution in [2.24, 2.45) is 23.3 Å². The SMILES string of the molecule is CO[C@]12C(=O)C3=C(O)c4c(O)cc(CN5CCCC5)c(OC(F)(F)F)c4C[C@H]3C[C@H]1[C@H](N)C(O)=C(C(N)=O)C2O. The summed E-state index contributed by atoms with van der Waals surface area (Å²) in [7, 11) is 1.08. The number of Topliss-reactive ketones (excluding diaryl/α,β-unsaturated/α-hetero) is 1. The summed E-state index contributed by atoms with van der Waals surface area (Å²) in [6.45, 7) is 1.37. The maximum atomic E-state index is 14.0. The average Bonchev–Trinajstić information content (AvgIpc) is 3.37. The highest BCUT2D eigenvalue weighted by Gasteiger charge is 2.65. The molecule has 1 aromatic carbocycles. The molecule has 1 saturated heterocycles. The lowest BCUT2D eigenvalue weighted by atomic mass is 9.56. The van der Waals surface area contributed by atoms with Gasteiger partial charge in [-0.15, -0.1) is 13.2 Å². The van der Waals surface area contributed by atoms with Crippen molar-refractivity contribution in [3.8, 4) is 11.5 Å². The van der Waals surface area contributed by atoms with Crippen molar-refractivity contribution >= 4 is 17.4 Å². The molecule has 5 atom stereocenters. The second kappa shape index (κ2) is 9.65. The summed E-state index contributed by atoms with van der Waals surface area (Å²) in [5.74, 6) is -7.00. The van der Waals surface area contributed by atoms with E-state index in [4.69, 9.17) is 16.2 Å². The number of methoxy groups -OCH3 is 1. The number of nitrogens with zero attached hydrogens (tertiary/aromatic N) is 1. The molecule has 5 rings (SSSR count). The maximum Gasteiger partial charge on any atom is 0.573 e. The fourth-order valence-corrected chi connectivity index (χ4v) is 6.88. The fourth-order valence-electron chi connectivity index (χ4n) is 6.88. The number of aromatic hydroxyl groups is 1. The monoisotopic (exact) mass is 569 g/mol. The second-order valence-corrected chi connectivity index (χ2v) is 10.7. The zero-order valence-corrected chi connectivity index (χ0v) is 21.5. The van der Waals surface area contributed by atoms with Gasteiger partial charge in [0.15, 0.2) is 11.4 Å². The number of amides is 1. The van der Waals surface area contributed by atoms with E-state index in [2.05, 4.69) is 4.74 Å². The second-order valence-electron chi connectivity index (χ2n) is 10.7. The Labute approximate surface area is 226 Å². The van der Waals surface area contributed by atoms with Gasteiger partial charge in [0.1, 0.15) is 29.1 Å². The summed E-state index contributed by atoms with van der Waals surface area (Å²) in [5.41, 5.74) is 7.76. The molecule has 11 nitrogen and oxygen atoms in total. The lowest BCUT2D eigenvalue weighted by Crippen LogP contribution is -2.69. The number of aliphatic hydroxyl groups excluding tert-OH is 3. The number of carbonyl (C=O) groups excluding carboxylic acids is 2. The Morgan fingerprint density at radius 3 is 2.45 bits per heavy atom. The number of carbonyl (C=O) groups is 2. The first-order valence-electron chi connectivity index (χ1n) is 12.8. The van der Waals surface area contributed by atoms with Crippen LogP contribution in [0.1, 0.15) is 36.0 Å². The van der Waals surface area contributed by atoms with Crippen LogP contribution >= 0.6 is 0 Å². The molecule has 14 heteroatoms. The van der Waals surface area contributed by atoms with Crippen molar-refractivity contribution in [3.63, 3.8) is 0 Å². The molecule has 4 aliphatic rings. The third kappa shape index (κ3) is 4.12. The van der Waals surface area contributed by atoms with Crippen molar-refractivity contribution in [2.45, 2.75) is 56.3 Å². The Morgan fingerprint density at radius 2 is 1.88 bits per heavy atom. The molecule has 0 aromatic heterocycles. The van der Waals surface area contributed by atoms with Gasteiger partial charge in [-0.2, -0.15) is 0 Å². The van der Waals surface area contributed by atoms with Gasteiger partial charge in [0, 0.05) is 36.3 Å². The first kappa shape index (κ1) is 28.2. The Morgan fingerprint density at radius 1 is 1.23 bits per heavy atom. The molecule has 1 saturated carbocycles. The topological polar surface area (TPSA) is 189 Å². The zero-order chi connectivity index (χ0) is 29.3. The molecule has 1 unspecified atom stereocenters. The molecule has 0 spiro atoms. The molecule has 1 amide bonds. The largest absolute Gasteiger partial charge is 0.573 e. The number of nitrogens with two attached hydrogens (primary N) is 2. The molecule has 1 aromatic rings. The molecule has 8 N–H and O–H groups in total. The minimum Gasteiger partial charge on any atom is -0.510 e. The van der Waals surface area contributed by atoms with E-state index >= 15 is 0 Å². The first-order chi connectivity index (χ1) is 18.7. The Hall–Kier alpha value is -3.33. The average molecular weight is 570 g/mol. The van der Waals surface area contributed by atoms with Crippen LogP contribution in [0.4, 0.5) is 13.2 Å². The number of likely N-dealkylation sites (tertiary alicyclic amines) is 1. The summed E-state index contributed by atoms with van der Waals surface area (Å²) in [5, 5.41) is 43.9. The van der Waals surface area contributed by atoms with E-state index < -0.39 is 81.8 Å². The van der Waals surface area contributed by atoms with Gasteiger partial charge >= 0.3 is 6.36 Å². The van der Waals surface area contributed by atoms with Crippen LogP contribution in [0.3, 0.4) is 0 Å². The molecule has 40 heavy (non-hydrogen) atoms. The van der Waals surface area contributed by atoms with Crippen LogP contribution in [-0.4, -0.2) is 81.3 Å². The van der Waals surface area contributed by atoms with Crippen LogP contribution in [0.15, 0.2) is 23.0 Å². The number of phenolic OH excluding ortho intramolecular Hbond substituents is 1. The van der Waals surface area contributed by atoms with Gasteiger partial charge in [-0.25, -0.2) is 0 Å². The zero-order valence-electron chi connectivity index (χ0n) is 21.5. The lowest BCUT2D eigenvalue weighted by Gasteiger charge is -2.52. The van der Waals surface area contributed by atoms with Crippen LogP contribution in [0.5, 0.6) is 11.5 Å². The molecule has 0 bridgehead atoms. The van der Waals surface area contributed by atoms with Gasteiger partial charge in [-0.05, 0) is 50.8 Å². The van der Waals surface area contributed by atoms with Crippen molar-refractivity contribution in [2.75, 3.05) is 20.2 Å². The summed E-state index contributed by atoms with van der Waals surface area (Å²) in [6, 6.07) is -0.324. The van der Waals surface area contributed by atoms with Crippen LogP contribution in [0.2, 0.25) is 0 Å². The number of aliphatic hydroxyl groups is 3. The van der Waals surface area contributed by atoms with E-state index in [1.165, 1.54) is 0 Å². The van der Waals surface area contributed by atoms with E-state index in [1.807, 2.05) is 4.90 Å². The van der Waals surface area contributed by atoms with Gasteiger partial charge in [-0.1, -0.05) is 0 Å². The smallest absolute Gasteiger partial charge is 0.510 e. The summed E-state index contributed by atoms with van der Waals surface area (Å²) in [6.07, 6.45) is -5.81. The number of ether oxygens (including phenoxy) is 2. The quantitative estimate of drug-likeness (QED) is 0.302. The van der Waals surface area contributed by atoms with E-state index in [9.17, 15) is 43.2 Å². The molecule has 1 heterocycles. The molecule has 0 radical (unpaired) electrons. The third-order valence-electron chi connectivity index (χ3n) is 8.59. The molecule has 3 aliphatic carbocycles. The van der Waals surface area contributed by atoms with Gasteiger partial charge in [0.25, 0.3) is 5.91 Å². The van der Waals surface area contributed by atoms with Crippen molar-refractivity contribution in [1.82, 2.24) is 4.90 Å². The van der Waals surface area contributed by atoms with Crippen molar-refractivity contribution < 1.29 is 52.7 Å². The lowest BCUT2D eigenvalue weighted by molar-refractivity contribution is -0.275. The number of primary amides is 1. The van der Waals surface area contributed by atoms with E-state index in [0.29, 0.717) is 13.1 Å². The number of alkyl halides is 3. The molecular weight excluding hydrogens is 539 g/mol. The Bertz CT molecular complexity index is 1340. The first-order valence-corrected chi connectivity index (χ1v) is 12.8. The van der Waals surface area contributed by atoms with Crippen LogP contribution in [0, 0.1) is 11.8 Å². The summed E-state index contributed by atoms with van der Waals surface area (Å²) in [4.78, 5) is 28.0. The predicted octanol–water partition coefficient (Wildman–Crippen LogP) is 1.30. The van der Waals surface area contributed by atoms with Crippen LogP contribution < -0.4 is 16.2 Å². The van der Waals surface area contributed by atoms with Gasteiger partial charge in [0.2, 0.25) is 0 Å². The predicted molar refractivity (Wildman–Crippen MR) is 132 cm³/mol. The normalized spacial score (nSPS) is 30.7. The highest BCUT2D eigenvalue weighted by molar-refractivity contribution is 6.11. The van der Waals surface area contributed by atoms with Gasteiger partial charge in [0.05, 0.1) is 17.2 Å². The molecule has 218 valence electrons. The van der Waals surface area contributed by atoms with Gasteiger partial charge < -0.3 is 41.4 Å². The minimum absolute atomic E-state index is 0.0637. The number of hydrogen-bond acceptors (Lipinski definition) is 10. The third-order valence-corrected chi connectivity index (χ3v) is 8.59. The number of benzene rings is 1. The molecule has 2 fully saturated rings. The van der Waals surface area contributed by atoms with Gasteiger partial charge in [-0.3, -0.25) is 14.5 Å². The Kier molecular flexibility index (Phi) is 6.80. The number of fused-ring (bicyclic) bond motifs is 3. The molecular formula is C26H30F3N3O8. The maximum absolute atomic E-state index is 14.0. The van der Waals surface area contributed by atoms with Crippen LogP contribution in [-0.2, 0) is 27.3 Å². The number of rotatable bonds is 5.